The maximum atomic E-state index is 10.8. The average Bonchev–Trinajstić information content (AvgIpc) is 2.43. The minimum Gasteiger partial charge on any atom is -0.481 e. The van der Waals surface area contributed by atoms with Crippen molar-refractivity contribution < 1.29 is 9.90 Å². The molecule has 3 nitrogen and oxygen atoms in total. The first-order chi connectivity index (χ1) is 6.15. The molecule has 0 aromatic carbocycles. The minimum atomic E-state index is -0.657. The van der Waals surface area contributed by atoms with Crippen LogP contribution < -0.4 is 0 Å². The monoisotopic (exact) mass is 183 g/mol. The summed E-state index contributed by atoms with van der Waals surface area (Å²) in [4.78, 5) is 13.0. The average molecular weight is 183 g/mol. The molecule has 74 valence electrons. The van der Waals surface area contributed by atoms with Crippen molar-refractivity contribution in [2.45, 2.75) is 13.8 Å². The summed E-state index contributed by atoms with van der Waals surface area (Å²) in [5, 5.41) is 8.88. The Hall–Kier alpha value is -0.830. The number of hydrogen-bond donors (Lipinski definition) is 1. The van der Waals surface area contributed by atoms with Crippen LogP contribution >= 0.6 is 0 Å². The summed E-state index contributed by atoms with van der Waals surface area (Å²) in [6.07, 6.45) is 4.07. The highest BCUT2D eigenvalue weighted by Crippen LogP contribution is 2.22. The molecule has 13 heavy (non-hydrogen) atoms. The second-order valence-electron chi connectivity index (χ2n) is 3.71. The predicted molar refractivity (Wildman–Crippen MR) is 51.5 cm³/mol. The Kier molecular flexibility index (Phi) is 3.48. The van der Waals surface area contributed by atoms with E-state index in [1.807, 2.05) is 19.9 Å². The first-order valence-electron chi connectivity index (χ1n) is 4.71. The van der Waals surface area contributed by atoms with Crippen LogP contribution in [0.5, 0.6) is 0 Å². The summed E-state index contributed by atoms with van der Waals surface area (Å²) in [6, 6.07) is 0. The van der Waals surface area contributed by atoms with Crippen LogP contribution in [0.3, 0.4) is 0 Å². The first-order valence-corrected chi connectivity index (χ1v) is 4.71. The van der Waals surface area contributed by atoms with Crippen molar-refractivity contribution in [3.05, 3.63) is 12.2 Å². The molecule has 2 atom stereocenters. The Bertz CT molecular complexity index is 213. The third-order valence-electron chi connectivity index (χ3n) is 2.60. The van der Waals surface area contributed by atoms with E-state index in [2.05, 4.69) is 11.0 Å². The summed E-state index contributed by atoms with van der Waals surface area (Å²) in [7, 11) is 0. The van der Waals surface area contributed by atoms with Gasteiger partial charge in [-0.3, -0.25) is 9.69 Å². The standard InChI is InChI=1S/C10H17NO2/c1-3-4-5-11-6-8(2)9(7-11)10(12)13/h3-4,8-9H,5-7H2,1-2H3,(H,12,13)/b4-3+/t8-,9-/m1/s1. The van der Waals surface area contributed by atoms with E-state index >= 15 is 0 Å². The third kappa shape index (κ3) is 2.56. The van der Waals surface area contributed by atoms with Gasteiger partial charge in [0.2, 0.25) is 0 Å². The summed E-state index contributed by atoms with van der Waals surface area (Å²) in [5.74, 6) is -0.552. The Balaban J connectivity index is 2.45. The summed E-state index contributed by atoms with van der Waals surface area (Å²) in [5.41, 5.74) is 0. The third-order valence-corrected chi connectivity index (χ3v) is 2.60. The van der Waals surface area contributed by atoms with E-state index in [9.17, 15) is 4.79 Å². The Morgan fingerprint density at radius 1 is 1.62 bits per heavy atom. The van der Waals surface area contributed by atoms with Crippen LogP contribution in [-0.4, -0.2) is 35.6 Å². The van der Waals surface area contributed by atoms with Gasteiger partial charge in [0.15, 0.2) is 0 Å². The lowest BCUT2D eigenvalue weighted by Gasteiger charge is -2.11. The van der Waals surface area contributed by atoms with E-state index in [-0.39, 0.29) is 11.8 Å². The molecular weight excluding hydrogens is 166 g/mol. The first kappa shape index (κ1) is 10.3. The number of allylic oxidation sites excluding steroid dienone is 1. The number of hydrogen-bond acceptors (Lipinski definition) is 2. The summed E-state index contributed by atoms with van der Waals surface area (Å²) in [6.45, 7) is 6.47. The van der Waals surface area contributed by atoms with E-state index in [4.69, 9.17) is 5.11 Å². The zero-order chi connectivity index (χ0) is 9.84. The molecule has 0 aromatic heterocycles. The van der Waals surface area contributed by atoms with Crippen LogP contribution in [0.2, 0.25) is 0 Å². The fourth-order valence-electron chi connectivity index (χ4n) is 1.79. The second kappa shape index (κ2) is 4.42. The molecular formula is C10H17NO2. The van der Waals surface area contributed by atoms with Crippen LogP contribution in [0, 0.1) is 11.8 Å². The molecule has 0 aliphatic carbocycles. The molecule has 1 heterocycles. The number of carboxylic acids is 1. The quantitative estimate of drug-likeness (QED) is 0.669. The van der Waals surface area contributed by atoms with E-state index in [0.29, 0.717) is 6.54 Å². The van der Waals surface area contributed by atoms with Crippen LogP contribution in [0.4, 0.5) is 0 Å². The SMILES string of the molecule is C/C=C/CN1C[C@@H](C)[C@H](C(=O)O)C1. The number of nitrogens with zero attached hydrogens (tertiary/aromatic N) is 1. The van der Waals surface area contributed by atoms with Crippen molar-refractivity contribution in [1.82, 2.24) is 4.90 Å². The van der Waals surface area contributed by atoms with E-state index in [1.165, 1.54) is 0 Å². The number of carbonyl (C=O) groups is 1. The van der Waals surface area contributed by atoms with Gasteiger partial charge in [-0.1, -0.05) is 19.1 Å². The molecule has 3 heteroatoms. The maximum absolute atomic E-state index is 10.8. The zero-order valence-corrected chi connectivity index (χ0v) is 8.23. The van der Waals surface area contributed by atoms with Crippen LogP contribution in [-0.2, 0) is 4.79 Å². The lowest BCUT2D eigenvalue weighted by Crippen LogP contribution is -2.23. The molecule has 1 saturated heterocycles. The molecule has 0 spiro atoms. The highest BCUT2D eigenvalue weighted by atomic mass is 16.4. The molecule has 0 radical (unpaired) electrons. The smallest absolute Gasteiger partial charge is 0.308 e. The van der Waals surface area contributed by atoms with Gasteiger partial charge in [-0.2, -0.15) is 0 Å². The van der Waals surface area contributed by atoms with Crippen molar-refractivity contribution in [1.29, 1.82) is 0 Å². The molecule has 1 aliphatic heterocycles. The lowest BCUT2D eigenvalue weighted by atomic mass is 9.99. The highest BCUT2D eigenvalue weighted by molar-refractivity contribution is 5.71. The van der Waals surface area contributed by atoms with E-state index in [1.54, 1.807) is 0 Å². The van der Waals surface area contributed by atoms with E-state index < -0.39 is 5.97 Å². The Labute approximate surface area is 79.0 Å². The van der Waals surface area contributed by atoms with Gasteiger partial charge in [0.25, 0.3) is 0 Å². The molecule has 0 bridgehead atoms. The number of rotatable bonds is 3. The number of carboxylic acid groups (broad SMARTS) is 1. The summed E-state index contributed by atoms with van der Waals surface area (Å²) < 4.78 is 0. The van der Waals surface area contributed by atoms with Gasteiger partial charge in [0.1, 0.15) is 0 Å². The van der Waals surface area contributed by atoms with Crippen molar-refractivity contribution >= 4 is 5.97 Å². The molecule has 1 N–H and O–H groups in total. The molecule has 1 aliphatic rings. The molecule has 1 fully saturated rings. The topological polar surface area (TPSA) is 40.5 Å². The van der Waals surface area contributed by atoms with Gasteiger partial charge in [-0.15, -0.1) is 0 Å². The minimum absolute atomic E-state index is 0.176. The van der Waals surface area contributed by atoms with Crippen LogP contribution in [0.15, 0.2) is 12.2 Å². The normalized spacial score (nSPS) is 30.0. The fourth-order valence-corrected chi connectivity index (χ4v) is 1.79. The highest BCUT2D eigenvalue weighted by Gasteiger charge is 2.33. The summed E-state index contributed by atoms with van der Waals surface area (Å²) >= 11 is 0. The maximum Gasteiger partial charge on any atom is 0.308 e. The van der Waals surface area contributed by atoms with Crippen molar-refractivity contribution in [3.63, 3.8) is 0 Å². The van der Waals surface area contributed by atoms with E-state index in [0.717, 1.165) is 13.1 Å². The van der Waals surface area contributed by atoms with Crippen LogP contribution in [0.25, 0.3) is 0 Å². The van der Waals surface area contributed by atoms with Gasteiger partial charge >= 0.3 is 5.97 Å². The van der Waals surface area contributed by atoms with Gasteiger partial charge < -0.3 is 5.11 Å². The molecule has 0 unspecified atom stereocenters. The second-order valence-corrected chi connectivity index (χ2v) is 3.71. The van der Waals surface area contributed by atoms with Crippen molar-refractivity contribution in [2.75, 3.05) is 19.6 Å². The van der Waals surface area contributed by atoms with Gasteiger partial charge in [0.05, 0.1) is 5.92 Å². The molecule has 0 aromatic rings. The lowest BCUT2D eigenvalue weighted by molar-refractivity contribution is -0.142. The van der Waals surface area contributed by atoms with Crippen molar-refractivity contribution in [2.24, 2.45) is 11.8 Å². The molecule has 0 amide bonds. The number of likely N-dealkylation sites (tertiary alicyclic amines) is 1. The van der Waals surface area contributed by atoms with Crippen LogP contribution in [0.1, 0.15) is 13.8 Å². The van der Waals surface area contributed by atoms with Crippen molar-refractivity contribution in [3.8, 4) is 0 Å². The Morgan fingerprint density at radius 3 is 2.77 bits per heavy atom. The Morgan fingerprint density at radius 2 is 2.31 bits per heavy atom. The zero-order valence-electron chi connectivity index (χ0n) is 8.23. The predicted octanol–water partition coefficient (Wildman–Crippen LogP) is 1.22. The molecule has 0 saturated carbocycles. The van der Waals surface area contributed by atoms with Gasteiger partial charge in [-0.25, -0.2) is 0 Å². The molecule has 1 rings (SSSR count). The fraction of sp³-hybridized carbons (Fsp3) is 0.700. The van der Waals surface area contributed by atoms with Gasteiger partial charge in [0, 0.05) is 19.6 Å². The number of aliphatic carboxylic acids is 1. The van der Waals surface area contributed by atoms with Gasteiger partial charge in [-0.05, 0) is 12.8 Å². The largest absolute Gasteiger partial charge is 0.481 e.